The third-order valence-corrected chi connectivity index (χ3v) is 4.48. The highest BCUT2D eigenvalue weighted by Gasteiger charge is 2.27. The first kappa shape index (κ1) is 22.7. The largest absolute Gasteiger partial charge is 0.480 e. The van der Waals surface area contributed by atoms with Crippen molar-refractivity contribution in [2.45, 2.75) is 12.5 Å². The van der Waals surface area contributed by atoms with Gasteiger partial charge in [-0.05, 0) is 17.7 Å². The van der Waals surface area contributed by atoms with Gasteiger partial charge in [0.2, 0.25) is 12.4 Å². The van der Waals surface area contributed by atoms with Crippen molar-refractivity contribution in [3.63, 3.8) is 0 Å². The topological polar surface area (TPSA) is 209 Å². The molecule has 3 aromatic rings. The van der Waals surface area contributed by atoms with Crippen LogP contribution >= 0.6 is 0 Å². The number of aromatic amines is 1. The number of carbonyl (C=O) groups excluding carboxylic acids is 2. The van der Waals surface area contributed by atoms with Gasteiger partial charge in [-0.1, -0.05) is 30.3 Å². The monoisotopic (exact) mass is 452 g/mol. The van der Waals surface area contributed by atoms with E-state index in [9.17, 15) is 24.3 Å². The van der Waals surface area contributed by atoms with Crippen molar-refractivity contribution in [1.82, 2.24) is 15.0 Å². The molecule has 0 saturated heterocycles. The lowest BCUT2D eigenvalue weighted by Crippen LogP contribution is -2.42. The fourth-order valence-corrected chi connectivity index (χ4v) is 2.95. The molecular formula is C20H20N8O5. The molecule has 0 aliphatic rings. The Balaban J connectivity index is 1.72. The Kier molecular flexibility index (Phi) is 6.83. The van der Waals surface area contributed by atoms with E-state index >= 15 is 0 Å². The predicted octanol–water partition coefficient (Wildman–Crippen LogP) is 0.632. The number of hydrogen-bond acceptors (Lipinski definition) is 8. The number of aromatic nitrogens is 3. The number of benzene rings is 1. The van der Waals surface area contributed by atoms with Crippen molar-refractivity contribution in [3.05, 3.63) is 64.6 Å². The van der Waals surface area contributed by atoms with Gasteiger partial charge < -0.3 is 21.9 Å². The molecule has 33 heavy (non-hydrogen) atoms. The zero-order chi connectivity index (χ0) is 24.0. The molecule has 1 aromatic carbocycles. The second kappa shape index (κ2) is 9.91. The van der Waals surface area contributed by atoms with E-state index in [1.807, 2.05) is 0 Å². The summed E-state index contributed by atoms with van der Waals surface area (Å²) in [7, 11) is 0. The summed E-state index contributed by atoms with van der Waals surface area (Å²) in [5.41, 5.74) is 10.9. The van der Waals surface area contributed by atoms with Gasteiger partial charge >= 0.3 is 12.0 Å². The molecule has 170 valence electrons. The predicted molar refractivity (Wildman–Crippen MR) is 121 cm³/mol. The van der Waals surface area contributed by atoms with E-state index in [1.165, 1.54) is 18.3 Å². The van der Waals surface area contributed by atoms with Gasteiger partial charge in [-0.15, -0.1) is 0 Å². The number of pyridine rings is 1. The number of H-pyrrole nitrogens is 1. The maximum Gasteiger partial charge on any atom is 0.327 e. The molecule has 0 aliphatic heterocycles. The first-order valence-corrected chi connectivity index (χ1v) is 9.48. The minimum atomic E-state index is -1.20. The van der Waals surface area contributed by atoms with Crippen molar-refractivity contribution in [3.8, 4) is 0 Å². The van der Waals surface area contributed by atoms with Crippen LogP contribution in [0.1, 0.15) is 5.56 Å². The number of nitrogens with two attached hydrogens (primary N) is 2. The standard InChI is InChI=1S/C20H20N8O5/c21-16-15(17(30)27-19(22)26-16)25-20(33)24-12-6-7-14(23-9-12)28(10-29)13(18(31)32)8-11-4-2-1-3-5-11/h1-7,9-10,13H,8H2,(H,31,32)(H2,24,25,33)(H5,21,22,26,27,30)/t13-/m0/s1. The second-order valence-electron chi connectivity index (χ2n) is 6.75. The molecule has 0 fully saturated rings. The molecule has 2 aromatic heterocycles. The molecule has 0 bridgehead atoms. The van der Waals surface area contributed by atoms with Crippen LogP contribution in [0.4, 0.5) is 33.8 Å². The van der Waals surface area contributed by atoms with Crippen molar-refractivity contribution < 1.29 is 19.5 Å². The fraction of sp³-hybridized carbons (Fsp3) is 0.100. The Morgan fingerprint density at radius 3 is 2.45 bits per heavy atom. The number of anilines is 5. The minimum absolute atomic E-state index is 0.0720. The summed E-state index contributed by atoms with van der Waals surface area (Å²) in [5.74, 6) is -1.59. The van der Waals surface area contributed by atoms with Crippen LogP contribution in [0.5, 0.6) is 0 Å². The number of nitrogens with one attached hydrogen (secondary N) is 3. The number of amides is 3. The van der Waals surface area contributed by atoms with Gasteiger partial charge in [-0.2, -0.15) is 4.98 Å². The molecule has 8 N–H and O–H groups in total. The summed E-state index contributed by atoms with van der Waals surface area (Å²) < 4.78 is 0. The van der Waals surface area contributed by atoms with Crippen LogP contribution in [0.25, 0.3) is 0 Å². The number of carbonyl (C=O) groups is 3. The molecule has 0 saturated carbocycles. The maximum atomic E-state index is 12.2. The Morgan fingerprint density at radius 2 is 1.88 bits per heavy atom. The summed E-state index contributed by atoms with van der Waals surface area (Å²) in [6.07, 6.45) is 1.68. The number of rotatable bonds is 8. The summed E-state index contributed by atoms with van der Waals surface area (Å²) in [5, 5.41) is 14.3. The van der Waals surface area contributed by atoms with Crippen molar-refractivity contribution in [2.75, 3.05) is 27.0 Å². The smallest absolute Gasteiger partial charge is 0.327 e. The number of aliphatic carboxylic acids is 1. The van der Waals surface area contributed by atoms with Crippen molar-refractivity contribution >= 4 is 47.4 Å². The van der Waals surface area contributed by atoms with Crippen LogP contribution in [-0.4, -0.2) is 44.5 Å². The number of carboxylic acids is 1. The molecule has 0 radical (unpaired) electrons. The first-order chi connectivity index (χ1) is 15.8. The van der Waals surface area contributed by atoms with E-state index in [4.69, 9.17) is 11.5 Å². The summed E-state index contributed by atoms with van der Waals surface area (Å²) in [4.78, 5) is 58.4. The SMILES string of the molecule is Nc1nc(N)c(NC(=O)Nc2ccc(N(C=O)[C@@H](Cc3ccccc3)C(=O)O)nc2)c(=O)[nH]1. The third-order valence-electron chi connectivity index (χ3n) is 4.48. The van der Waals surface area contributed by atoms with Crippen molar-refractivity contribution in [2.24, 2.45) is 0 Å². The molecule has 0 aliphatic carbocycles. The highest BCUT2D eigenvalue weighted by Crippen LogP contribution is 2.19. The minimum Gasteiger partial charge on any atom is -0.480 e. The lowest BCUT2D eigenvalue weighted by Gasteiger charge is -2.24. The van der Waals surface area contributed by atoms with Gasteiger partial charge in [-0.3, -0.25) is 24.8 Å². The normalized spacial score (nSPS) is 11.3. The molecule has 0 spiro atoms. The van der Waals surface area contributed by atoms with Crippen LogP contribution in [0.3, 0.4) is 0 Å². The summed E-state index contributed by atoms with van der Waals surface area (Å²) in [6, 6.07) is 9.63. The molecule has 0 unspecified atom stereocenters. The van der Waals surface area contributed by atoms with E-state index in [-0.39, 0.29) is 35.4 Å². The Hall–Kier alpha value is -4.94. The Labute approximate surface area is 186 Å². The molecule has 13 nitrogen and oxygen atoms in total. The lowest BCUT2D eigenvalue weighted by atomic mass is 10.0. The molecule has 13 heteroatoms. The summed E-state index contributed by atoms with van der Waals surface area (Å²) >= 11 is 0. The van der Waals surface area contributed by atoms with Gasteiger partial charge in [0.05, 0.1) is 11.9 Å². The van der Waals surface area contributed by atoms with E-state index in [0.29, 0.717) is 6.41 Å². The van der Waals surface area contributed by atoms with Crippen LogP contribution < -0.4 is 32.6 Å². The van der Waals surface area contributed by atoms with E-state index in [2.05, 4.69) is 25.6 Å². The fourth-order valence-electron chi connectivity index (χ4n) is 2.95. The molecule has 1 atom stereocenters. The van der Waals surface area contributed by atoms with E-state index in [0.717, 1.165) is 10.5 Å². The highest BCUT2D eigenvalue weighted by atomic mass is 16.4. The maximum absolute atomic E-state index is 12.2. The number of urea groups is 1. The third kappa shape index (κ3) is 5.61. The second-order valence-corrected chi connectivity index (χ2v) is 6.75. The molecule has 3 amide bonds. The van der Waals surface area contributed by atoms with E-state index in [1.54, 1.807) is 30.3 Å². The lowest BCUT2D eigenvalue weighted by molar-refractivity contribution is -0.139. The van der Waals surface area contributed by atoms with Gasteiger partial charge in [-0.25, -0.2) is 14.6 Å². The average molecular weight is 452 g/mol. The average Bonchev–Trinajstić information content (AvgIpc) is 2.77. The number of nitrogens with zero attached hydrogens (tertiary/aromatic N) is 3. The van der Waals surface area contributed by atoms with Crippen LogP contribution in [0.2, 0.25) is 0 Å². The zero-order valence-electron chi connectivity index (χ0n) is 17.1. The summed E-state index contributed by atoms with van der Waals surface area (Å²) in [6.45, 7) is 0. The van der Waals surface area contributed by atoms with E-state index < -0.39 is 23.6 Å². The number of hydrogen-bond donors (Lipinski definition) is 6. The molecule has 3 rings (SSSR count). The molecular weight excluding hydrogens is 432 g/mol. The van der Waals surface area contributed by atoms with Gasteiger partial charge in [0.15, 0.2) is 11.5 Å². The van der Waals surface area contributed by atoms with Crippen LogP contribution in [-0.2, 0) is 16.0 Å². The quantitative estimate of drug-likeness (QED) is 0.264. The van der Waals surface area contributed by atoms with Gasteiger partial charge in [0.1, 0.15) is 11.9 Å². The Morgan fingerprint density at radius 1 is 1.15 bits per heavy atom. The first-order valence-electron chi connectivity index (χ1n) is 9.48. The van der Waals surface area contributed by atoms with Crippen LogP contribution in [0.15, 0.2) is 53.5 Å². The van der Waals surface area contributed by atoms with Gasteiger partial charge in [0, 0.05) is 6.42 Å². The zero-order valence-corrected chi connectivity index (χ0v) is 17.1. The molecule has 2 heterocycles. The number of nitrogen functional groups attached to an aromatic ring is 2. The highest BCUT2D eigenvalue weighted by molar-refractivity contribution is 6.01. The van der Waals surface area contributed by atoms with Crippen molar-refractivity contribution in [1.29, 1.82) is 0 Å². The van der Waals surface area contributed by atoms with Crippen LogP contribution in [0, 0.1) is 0 Å². The Bertz CT molecular complexity index is 1210. The van der Waals surface area contributed by atoms with Gasteiger partial charge in [0.25, 0.3) is 5.56 Å². The number of carboxylic acid groups (broad SMARTS) is 1.